The number of hydrogen-bond acceptors (Lipinski definition) is 2. The van der Waals surface area contributed by atoms with Gasteiger partial charge in [-0.15, -0.1) is 0 Å². The van der Waals surface area contributed by atoms with Crippen molar-refractivity contribution in [1.29, 1.82) is 0 Å². The first-order valence-electron chi connectivity index (χ1n) is 6.53. The Morgan fingerprint density at radius 2 is 2.33 bits per heavy atom. The van der Waals surface area contributed by atoms with E-state index < -0.39 is 0 Å². The number of rotatable bonds is 3. The highest BCUT2D eigenvalue weighted by Gasteiger charge is 2.21. The Morgan fingerprint density at radius 1 is 1.56 bits per heavy atom. The molecule has 2 rings (SSSR count). The molecule has 4 nitrogen and oxygen atoms in total. The van der Waals surface area contributed by atoms with Crippen LogP contribution in [0.4, 0.5) is 0 Å². The van der Waals surface area contributed by atoms with Crippen LogP contribution < -0.4 is 5.32 Å². The van der Waals surface area contributed by atoms with Gasteiger partial charge in [-0.25, -0.2) is 0 Å². The van der Waals surface area contributed by atoms with E-state index in [0.29, 0.717) is 0 Å². The van der Waals surface area contributed by atoms with Crippen molar-refractivity contribution in [3.63, 3.8) is 0 Å². The second-order valence-electron chi connectivity index (χ2n) is 5.02. The van der Waals surface area contributed by atoms with E-state index >= 15 is 0 Å². The Kier molecular flexibility index (Phi) is 3.84. The number of nitrogens with zero attached hydrogens (tertiary/aromatic N) is 2. The monoisotopic (exact) mass is 247 g/mol. The van der Waals surface area contributed by atoms with Crippen molar-refractivity contribution >= 4 is 5.91 Å². The first kappa shape index (κ1) is 12.9. The van der Waals surface area contributed by atoms with Crippen LogP contribution in [0.2, 0.25) is 0 Å². The molecule has 1 heterocycles. The second kappa shape index (κ2) is 5.38. The second-order valence-corrected chi connectivity index (χ2v) is 5.02. The zero-order chi connectivity index (χ0) is 13.1. The first-order valence-corrected chi connectivity index (χ1v) is 6.53. The fraction of sp³-hybridized carbons (Fsp3) is 0.571. The van der Waals surface area contributed by atoms with E-state index in [0.717, 1.165) is 30.5 Å². The van der Waals surface area contributed by atoms with Crippen LogP contribution in [0.5, 0.6) is 0 Å². The zero-order valence-electron chi connectivity index (χ0n) is 11.3. The summed E-state index contributed by atoms with van der Waals surface area (Å²) in [5.41, 5.74) is 2.20. The molecule has 1 aliphatic rings. The molecule has 0 radical (unpaired) electrons. The highest BCUT2D eigenvalue weighted by Crippen LogP contribution is 2.21. The number of carbonyl (C=O) groups excluding carboxylic acids is 1. The maximum absolute atomic E-state index is 12.1. The average molecular weight is 247 g/mol. The molecule has 2 atom stereocenters. The minimum atomic E-state index is 0.0251. The molecule has 1 N–H and O–H groups in total. The summed E-state index contributed by atoms with van der Waals surface area (Å²) in [4.78, 5) is 12.1. The van der Waals surface area contributed by atoms with E-state index in [4.69, 9.17) is 0 Å². The number of aryl methyl sites for hydroxylation is 1. The van der Waals surface area contributed by atoms with Crippen molar-refractivity contribution in [2.75, 3.05) is 0 Å². The van der Waals surface area contributed by atoms with Gasteiger partial charge in [0.1, 0.15) is 0 Å². The summed E-state index contributed by atoms with van der Waals surface area (Å²) in [6.45, 7) is 4.04. The molecular formula is C14H21N3O. The quantitative estimate of drug-likeness (QED) is 0.833. The Bertz CT molecular complexity index is 462. The molecule has 0 saturated carbocycles. The number of carbonyl (C=O) groups is 1. The van der Waals surface area contributed by atoms with Crippen LogP contribution in [0.1, 0.15) is 43.5 Å². The SMILES string of the molecule is Cc1c(C(C)NC(=O)C2CC=CCC2)cnn1C. The molecule has 98 valence electrons. The summed E-state index contributed by atoms with van der Waals surface area (Å²) in [6, 6.07) is 0.0251. The largest absolute Gasteiger partial charge is 0.349 e. The maximum atomic E-state index is 12.1. The summed E-state index contributed by atoms with van der Waals surface area (Å²) in [5, 5.41) is 7.31. The maximum Gasteiger partial charge on any atom is 0.223 e. The van der Waals surface area contributed by atoms with Crippen LogP contribution in [0, 0.1) is 12.8 Å². The summed E-state index contributed by atoms with van der Waals surface area (Å²) in [5.74, 6) is 0.296. The first-order chi connectivity index (χ1) is 8.59. The highest BCUT2D eigenvalue weighted by molar-refractivity contribution is 5.79. The Labute approximate surface area is 108 Å². The third-order valence-corrected chi connectivity index (χ3v) is 3.74. The lowest BCUT2D eigenvalue weighted by molar-refractivity contribution is -0.125. The molecule has 0 saturated heterocycles. The van der Waals surface area contributed by atoms with Crippen LogP contribution >= 0.6 is 0 Å². The smallest absolute Gasteiger partial charge is 0.223 e. The molecule has 0 aliphatic heterocycles. The predicted molar refractivity (Wildman–Crippen MR) is 71.0 cm³/mol. The van der Waals surface area contributed by atoms with Crippen molar-refractivity contribution in [2.24, 2.45) is 13.0 Å². The summed E-state index contributed by atoms with van der Waals surface area (Å²) < 4.78 is 1.83. The Hall–Kier alpha value is -1.58. The Morgan fingerprint density at radius 3 is 2.89 bits per heavy atom. The summed E-state index contributed by atoms with van der Waals surface area (Å²) in [6.07, 6.45) is 8.93. The Balaban J connectivity index is 1.98. The lowest BCUT2D eigenvalue weighted by atomic mass is 9.93. The normalized spacial score (nSPS) is 20.7. The molecule has 0 spiro atoms. The zero-order valence-corrected chi connectivity index (χ0v) is 11.3. The standard InChI is InChI=1S/C14H21N3O/c1-10(13-9-15-17(3)11(13)2)16-14(18)12-7-5-4-6-8-12/h4-5,9-10,12H,6-8H2,1-3H3,(H,16,18). The van der Waals surface area contributed by atoms with Crippen LogP contribution in [0.25, 0.3) is 0 Å². The highest BCUT2D eigenvalue weighted by atomic mass is 16.1. The van der Waals surface area contributed by atoms with Gasteiger partial charge in [0, 0.05) is 24.2 Å². The number of amides is 1. The van der Waals surface area contributed by atoms with Gasteiger partial charge >= 0.3 is 0 Å². The lowest BCUT2D eigenvalue weighted by Gasteiger charge is -2.20. The van der Waals surface area contributed by atoms with Crippen molar-refractivity contribution in [1.82, 2.24) is 15.1 Å². The molecule has 1 amide bonds. The number of nitrogens with one attached hydrogen (secondary N) is 1. The topological polar surface area (TPSA) is 46.9 Å². The van der Waals surface area contributed by atoms with Gasteiger partial charge in [-0.05, 0) is 33.1 Å². The van der Waals surface area contributed by atoms with Gasteiger partial charge in [-0.1, -0.05) is 12.2 Å². The minimum absolute atomic E-state index is 0.0251. The molecule has 1 aromatic heterocycles. The average Bonchev–Trinajstić information content (AvgIpc) is 2.71. The molecule has 1 aliphatic carbocycles. The molecule has 4 heteroatoms. The van der Waals surface area contributed by atoms with Crippen LogP contribution in [-0.2, 0) is 11.8 Å². The molecule has 0 bridgehead atoms. The van der Waals surface area contributed by atoms with Gasteiger partial charge in [0.2, 0.25) is 5.91 Å². The van der Waals surface area contributed by atoms with E-state index in [-0.39, 0.29) is 17.9 Å². The van der Waals surface area contributed by atoms with Crippen molar-refractivity contribution in [3.05, 3.63) is 29.6 Å². The fourth-order valence-corrected chi connectivity index (χ4v) is 2.38. The molecule has 2 unspecified atom stereocenters. The molecular weight excluding hydrogens is 226 g/mol. The van der Waals surface area contributed by atoms with E-state index in [2.05, 4.69) is 22.6 Å². The molecule has 18 heavy (non-hydrogen) atoms. The van der Waals surface area contributed by atoms with E-state index in [1.807, 2.05) is 31.8 Å². The summed E-state index contributed by atoms with van der Waals surface area (Å²) in [7, 11) is 1.92. The number of aromatic nitrogens is 2. The summed E-state index contributed by atoms with van der Waals surface area (Å²) >= 11 is 0. The van der Waals surface area contributed by atoms with Gasteiger partial charge in [0.15, 0.2) is 0 Å². The van der Waals surface area contributed by atoms with Gasteiger partial charge in [-0.2, -0.15) is 5.10 Å². The van der Waals surface area contributed by atoms with Crippen molar-refractivity contribution in [2.45, 2.75) is 39.2 Å². The van der Waals surface area contributed by atoms with Gasteiger partial charge in [0.05, 0.1) is 12.2 Å². The minimum Gasteiger partial charge on any atom is -0.349 e. The number of allylic oxidation sites excluding steroid dienone is 2. The van der Waals surface area contributed by atoms with E-state index in [1.165, 1.54) is 0 Å². The predicted octanol–water partition coefficient (Wildman–Crippen LogP) is 2.26. The molecule has 0 aromatic carbocycles. The van der Waals surface area contributed by atoms with Crippen LogP contribution in [-0.4, -0.2) is 15.7 Å². The lowest BCUT2D eigenvalue weighted by Crippen LogP contribution is -2.33. The van der Waals surface area contributed by atoms with Gasteiger partial charge in [0.25, 0.3) is 0 Å². The van der Waals surface area contributed by atoms with E-state index in [1.54, 1.807) is 0 Å². The molecule has 1 aromatic rings. The van der Waals surface area contributed by atoms with Gasteiger partial charge < -0.3 is 5.32 Å². The third-order valence-electron chi connectivity index (χ3n) is 3.74. The van der Waals surface area contributed by atoms with E-state index in [9.17, 15) is 4.79 Å². The van der Waals surface area contributed by atoms with Crippen molar-refractivity contribution < 1.29 is 4.79 Å². The fourth-order valence-electron chi connectivity index (χ4n) is 2.38. The van der Waals surface area contributed by atoms with Crippen molar-refractivity contribution in [3.8, 4) is 0 Å². The third kappa shape index (κ3) is 2.63. The van der Waals surface area contributed by atoms with Gasteiger partial charge in [-0.3, -0.25) is 9.48 Å². The van der Waals surface area contributed by atoms with Crippen LogP contribution in [0.15, 0.2) is 18.3 Å². The van der Waals surface area contributed by atoms with Crippen LogP contribution in [0.3, 0.4) is 0 Å². The molecule has 0 fully saturated rings. The number of hydrogen-bond donors (Lipinski definition) is 1.